The number of rotatable bonds is 4. The van der Waals surface area contributed by atoms with Crippen molar-refractivity contribution in [1.29, 1.82) is 0 Å². The number of carbonyl (C=O) groups is 1. The highest BCUT2D eigenvalue weighted by Gasteiger charge is 2.02. The minimum atomic E-state index is -0.705. The molecule has 2 heteroatoms. The highest BCUT2D eigenvalue weighted by Crippen LogP contribution is 1.94. The molecule has 0 saturated carbocycles. The first-order valence-corrected chi connectivity index (χ1v) is 3.17. The van der Waals surface area contributed by atoms with Crippen LogP contribution in [-0.4, -0.2) is 17.0 Å². The van der Waals surface area contributed by atoms with Gasteiger partial charge in [0.2, 0.25) is 0 Å². The van der Waals surface area contributed by atoms with Gasteiger partial charge in [-0.3, -0.25) is 4.79 Å². The van der Waals surface area contributed by atoms with Gasteiger partial charge in [-0.1, -0.05) is 12.2 Å². The second-order valence-corrected chi connectivity index (χ2v) is 1.97. The fourth-order valence-electron chi connectivity index (χ4n) is 0.543. The summed E-state index contributed by atoms with van der Waals surface area (Å²) in [6.07, 6.45) is 3.86. The summed E-state index contributed by atoms with van der Waals surface area (Å²) in [6, 6.07) is 0. The number of aliphatic hydroxyl groups is 1. The SMILES string of the molecule is C=CC(O)CC(=O)C=CC. The van der Waals surface area contributed by atoms with Crippen LogP contribution in [0.5, 0.6) is 0 Å². The molecule has 0 saturated heterocycles. The Morgan fingerprint density at radius 2 is 2.40 bits per heavy atom. The van der Waals surface area contributed by atoms with Crippen LogP contribution >= 0.6 is 0 Å². The quantitative estimate of drug-likeness (QED) is 0.468. The molecule has 1 N–H and O–H groups in total. The van der Waals surface area contributed by atoms with E-state index >= 15 is 0 Å². The maximum atomic E-state index is 10.7. The molecule has 0 bridgehead atoms. The van der Waals surface area contributed by atoms with E-state index in [1.165, 1.54) is 12.2 Å². The second kappa shape index (κ2) is 4.94. The summed E-state index contributed by atoms with van der Waals surface area (Å²) in [5.74, 6) is -0.0742. The summed E-state index contributed by atoms with van der Waals surface area (Å²) in [4.78, 5) is 10.7. The third-order valence-electron chi connectivity index (χ3n) is 1.03. The lowest BCUT2D eigenvalue weighted by molar-refractivity contribution is -0.115. The predicted octanol–water partition coefficient (Wildman–Crippen LogP) is 1.07. The van der Waals surface area contributed by atoms with Crippen LogP contribution in [0.3, 0.4) is 0 Å². The molecule has 0 fully saturated rings. The van der Waals surface area contributed by atoms with Crippen molar-refractivity contribution in [3.63, 3.8) is 0 Å². The van der Waals surface area contributed by atoms with Crippen molar-refractivity contribution in [3.05, 3.63) is 24.8 Å². The maximum Gasteiger partial charge on any atom is 0.158 e. The second-order valence-electron chi connectivity index (χ2n) is 1.97. The normalized spacial score (nSPS) is 13.4. The van der Waals surface area contributed by atoms with E-state index in [4.69, 9.17) is 5.11 Å². The monoisotopic (exact) mass is 140 g/mol. The zero-order valence-electron chi connectivity index (χ0n) is 6.08. The molecule has 0 aliphatic heterocycles. The molecule has 0 aromatic carbocycles. The minimum Gasteiger partial charge on any atom is -0.389 e. The summed E-state index contributed by atoms with van der Waals surface area (Å²) < 4.78 is 0. The fraction of sp³-hybridized carbons (Fsp3) is 0.375. The summed E-state index contributed by atoms with van der Waals surface area (Å²) in [7, 11) is 0. The van der Waals surface area contributed by atoms with E-state index in [9.17, 15) is 4.79 Å². The number of ketones is 1. The zero-order valence-corrected chi connectivity index (χ0v) is 6.08. The van der Waals surface area contributed by atoms with Gasteiger partial charge in [0.1, 0.15) is 0 Å². The molecule has 0 aromatic rings. The lowest BCUT2D eigenvalue weighted by atomic mass is 10.2. The van der Waals surface area contributed by atoms with Gasteiger partial charge in [-0.2, -0.15) is 0 Å². The Morgan fingerprint density at radius 3 is 2.80 bits per heavy atom. The van der Waals surface area contributed by atoms with E-state index < -0.39 is 6.10 Å². The molecule has 0 spiro atoms. The maximum absolute atomic E-state index is 10.7. The standard InChI is InChI=1S/C8H12O2/c1-3-5-8(10)6-7(9)4-2/h3-5,7,9H,2,6H2,1H3. The number of hydrogen-bond acceptors (Lipinski definition) is 2. The van der Waals surface area contributed by atoms with Crippen molar-refractivity contribution in [2.45, 2.75) is 19.4 Å². The summed E-state index contributed by atoms with van der Waals surface area (Å²) in [5.41, 5.74) is 0. The van der Waals surface area contributed by atoms with Crippen molar-refractivity contribution < 1.29 is 9.90 Å². The first-order chi connectivity index (χ1) is 4.70. The van der Waals surface area contributed by atoms with Crippen molar-refractivity contribution in [1.82, 2.24) is 0 Å². The minimum absolute atomic E-state index is 0.0742. The van der Waals surface area contributed by atoms with Gasteiger partial charge in [0.05, 0.1) is 6.10 Å². The van der Waals surface area contributed by atoms with Crippen molar-refractivity contribution in [3.8, 4) is 0 Å². The average molecular weight is 140 g/mol. The van der Waals surface area contributed by atoms with Gasteiger partial charge in [-0.05, 0) is 13.0 Å². The van der Waals surface area contributed by atoms with Crippen LogP contribution in [0.1, 0.15) is 13.3 Å². The third kappa shape index (κ3) is 4.04. The number of hydrogen-bond donors (Lipinski definition) is 1. The predicted molar refractivity (Wildman–Crippen MR) is 40.6 cm³/mol. The molecular weight excluding hydrogens is 128 g/mol. The van der Waals surface area contributed by atoms with Gasteiger partial charge in [0.15, 0.2) is 5.78 Å². The van der Waals surface area contributed by atoms with Crippen LogP contribution in [0.15, 0.2) is 24.8 Å². The van der Waals surface area contributed by atoms with E-state index in [1.54, 1.807) is 13.0 Å². The number of allylic oxidation sites excluding steroid dienone is 2. The molecule has 0 aliphatic rings. The van der Waals surface area contributed by atoms with Gasteiger partial charge in [0.25, 0.3) is 0 Å². The van der Waals surface area contributed by atoms with E-state index in [0.29, 0.717) is 0 Å². The first-order valence-electron chi connectivity index (χ1n) is 3.17. The van der Waals surface area contributed by atoms with E-state index in [2.05, 4.69) is 6.58 Å². The summed E-state index contributed by atoms with van der Waals surface area (Å²) in [6.45, 7) is 5.11. The largest absolute Gasteiger partial charge is 0.389 e. The van der Waals surface area contributed by atoms with Gasteiger partial charge in [0, 0.05) is 6.42 Å². The molecule has 0 radical (unpaired) electrons. The third-order valence-corrected chi connectivity index (χ3v) is 1.03. The average Bonchev–Trinajstić information content (AvgIpc) is 1.88. The van der Waals surface area contributed by atoms with Gasteiger partial charge in [-0.15, -0.1) is 6.58 Å². The lowest BCUT2D eigenvalue weighted by Gasteiger charge is -1.98. The topological polar surface area (TPSA) is 37.3 Å². The van der Waals surface area contributed by atoms with Crippen molar-refractivity contribution >= 4 is 5.78 Å². The van der Waals surface area contributed by atoms with Crippen LogP contribution < -0.4 is 0 Å². The highest BCUT2D eigenvalue weighted by atomic mass is 16.3. The Hall–Kier alpha value is -0.890. The van der Waals surface area contributed by atoms with E-state index in [0.717, 1.165) is 0 Å². The fourth-order valence-corrected chi connectivity index (χ4v) is 0.543. The Morgan fingerprint density at radius 1 is 1.80 bits per heavy atom. The van der Waals surface area contributed by atoms with Crippen LogP contribution in [-0.2, 0) is 4.79 Å². The van der Waals surface area contributed by atoms with Crippen molar-refractivity contribution in [2.75, 3.05) is 0 Å². The molecule has 2 nitrogen and oxygen atoms in total. The van der Waals surface area contributed by atoms with E-state index in [1.807, 2.05) is 0 Å². The molecule has 0 aliphatic carbocycles. The molecule has 1 atom stereocenters. The molecule has 0 rings (SSSR count). The van der Waals surface area contributed by atoms with Crippen molar-refractivity contribution in [2.24, 2.45) is 0 Å². The Bertz CT molecular complexity index is 147. The van der Waals surface area contributed by atoms with Gasteiger partial charge >= 0.3 is 0 Å². The molecule has 1 unspecified atom stereocenters. The first kappa shape index (κ1) is 9.11. The lowest BCUT2D eigenvalue weighted by Crippen LogP contribution is -2.07. The Labute approximate surface area is 60.9 Å². The smallest absolute Gasteiger partial charge is 0.158 e. The van der Waals surface area contributed by atoms with Crippen LogP contribution in [0.25, 0.3) is 0 Å². The Kier molecular flexibility index (Phi) is 4.50. The summed E-state index contributed by atoms with van der Waals surface area (Å²) >= 11 is 0. The molecule has 0 amide bonds. The van der Waals surface area contributed by atoms with E-state index in [-0.39, 0.29) is 12.2 Å². The molecule has 10 heavy (non-hydrogen) atoms. The molecule has 0 heterocycles. The molecule has 56 valence electrons. The number of carbonyl (C=O) groups excluding carboxylic acids is 1. The number of aliphatic hydroxyl groups excluding tert-OH is 1. The Balaban J connectivity index is 3.67. The van der Waals surface area contributed by atoms with Crippen LogP contribution in [0.2, 0.25) is 0 Å². The van der Waals surface area contributed by atoms with Crippen LogP contribution in [0.4, 0.5) is 0 Å². The highest BCUT2D eigenvalue weighted by molar-refractivity contribution is 5.89. The van der Waals surface area contributed by atoms with Gasteiger partial charge in [-0.25, -0.2) is 0 Å². The zero-order chi connectivity index (χ0) is 7.98. The summed E-state index contributed by atoms with van der Waals surface area (Å²) in [5, 5.41) is 8.88. The molecular formula is C8H12O2. The van der Waals surface area contributed by atoms with Gasteiger partial charge < -0.3 is 5.11 Å². The molecule has 0 aromatic heterocycles. The van der Waals surface area contributed by atoms with Crippen LogP contribution in [0, 0.1) is 0 Å².